The summed E-state index contributed by atoms with van der Waals surface area (Å²) in [5, 5.41) is 12.9. The van der Waals surface area contributed by atoms with E-state index in [1.165, 1.54) is 11.8 Å². The molecule has 0 fully saturated rings. The minimum atomic E-state index is -0.0372. The molecular weight excluding hydrogens is 420 g/mol. The van der Waals surface area contributed by atoms with Crippen LogP contribution in [-0.2, 0) is 4.79 Å². The topological polar surface area (TPSA) is 69.0 Å². The molecule has 158 valence electrons. The number of carbonyl (C=O) groups is 1. The average molecular weight is 445 g/mol. The Balaban J connectivity index is 1.93. The number of benzene rings is 2. The van der Waals surface area contributed by atoms with E-state index >= 15 is 0 Å². The Morgan fingerprint density at radius 3 is 2.53 bits per heavy atom. The zero-order chi connectivity index (χ0) is 21.7. The molecule has 0 aliphatic carbocycles. The first kappa shape index (κ1) is 22.2. The third-order valence-corrected chi connectivity index (χ3v) is 6.00. The highest BCUT2D eigenvalue weighted by molar-refractivity contribution is 7.99. The van der Waals surface area contributed by atoms with Crippen LogP contribution >= 0.6 is 23.4 Å². The molecule has 8 heteroatoms. The number of hydrogen-bond acceptors (Lipinski definition) is 5. The standard InChI is InChI=1S/C22H25ClN4O2S/c1-14(2)15(3)24-20(28)13-30-22-26-25-21(16-8-6-5-7-9-16)27(22)17-10-11-19(29-4)18(23)12-17/h5-12,14-15H,13H2,1-4H3,(H,24,28)/t15-/m1/s1. The molecular formula is C22H25ClN4O2S. The number of methoxy groups -OCH3 is 1. The van der Waals surface area contributed by atoms with Gasteiger partial charge in [0.05, 0.1) is 23.6 Å². The number of nitrogens with one attached hydrogen (secondary N) is 1. The molecule has 0 aliphatic heterocycles. The van der Waals surface area contributed by atoms with Crippen LogP contribution in [0.1, 0.15) is 20.8 Å². The minimum Gasteiger partial charge on any atom is -0.495 e. The van der Waals surface area contributed by atoms with Crippen molar-refractivity contribution in [1.82, 2.24) is 20.1 Å². The van der Waals surface area contributed by atoms with Gasteiger partial charge in [-0.25, -0.2) is 0 Å². The molecule has 1 amide bonds. The maximum absolute atomic E-state index is 12.4. The Morgan fingerprint density at radius 2 is 1.90 bits per heavy atom. The van der Waals surface area contributed by atoms with Crippen molar-refractivity contribution in [2.24, 2.45) is 5.92 Å². The van der Waals surface area contributed by atoms with Crippen molar-refractivity contribution < 1.29 is 9.53 Å². The monoisotopic (exact) mass is 444 g/mol. The van der Waals surface area contributed by atoms with Gasteiger partial charge in [0.1, 0.15) is 5.75 Å². The maximum atomic E-state index is 12.4. The highest BCUT2D eigenvalue weighted by Gasteiger charge is 2.19. The normalized spacial score (nSPS) is 12.1. The summed E-state index contributed by atoms with van der Waals surface area (Å²) < 4.78 is 7.17. The summed E-state index contributed by atoms with van der Waals surface area (Å²) in [6, 6.07) is 15.4. The second-order valence-electron chi connectivity index (χ2n) is 7.22. The van der Waals surface area contributed by atoms with E-state index in [0.717, 1.165) is 11.3 Å². The fourth-order valence-electron chi connectivity index (χ4n) is 2.76. The summed E-state index contributed by atoms with van der Waals surface area (Å²) >= 11 is 7.70. The van der Waals surface area contributed by atoms with E-state index in [-0.39, 0.29) is 17.7 Å². The molecule has 0 saturated carbocycles. The van der Waals surface area contributed by atoms with Gasteiger partial charge in [-0.15, -0.1) is 10.2 Å². The van der Waals surface area contributed by atoms with Gasteiger partial charge < -0.3 is 10.1 Å². The minimum absolute atomic E-state index is 0.0372. The highest BCUT2D eigenvalue weighted by atomic mass is 35.5. The summed E-state index contributed by atoms with van der Waals surface area (Å²) in [5.74, 6) is 1.84. The number of hydrogen-bond donors (Lipinski definition) is 1. The number of halogens is 1. The molecule has 0 unspecified atom stereocenters. The van der Waals surface area contributed by atoms with E-state index < -0.39 is 0 Å². The summed E-state index contributed by atoms with van der Waals surface area (Å²) in [5.41, 5.74) is 1.71. The molecule has 0 bridgehead atoms. The predicted octanol–water partition coefficient (Wildman–Crippen LogP) is 4.85. The maximum Gasteiger partial charge on any atom is 0.230 e. The van der Waals surface area contributed by atoms with Crippen LogP contribution in [0.3, 0.4) is 0 Å². The lowest BCUT2D eigenvalue weighted by molar-refractivity contribution is -0.119. The predicted molar refractivity (Wildman–Crippen MR) is 122 cm³/mol. The number of rotatable bonds is 8. The van der Waals surface area contributed by atoms with Gasteiger partial charge in [0, 0.05) is 11.6 Å². The number of carbonyl (C=O) groups excluding carboxylic acids is 1. The van der Waals surface area contributed by atoms with E-state index in [9.17, 15) is 4.79 Å². The molecule has 3 rings (SSSR count). The van der Waals surface area contributed by atoms with Crippen LogP contribution in [0.2, 0.25) is 5.02 Å². The molecule has 6 nitrogen and oxygen atoms in total. The lowest BCUT2D eigenvalue weighted by Crippen LogP contribution is -2.37. The molecule has 2 aromatic carbocycles. The number of thioether (sulfide) groups is 1. The quantitative estimate of drug-likeness (QED) is 0.503. The SMILES string of the molecule is COc1ccc(-n2c(SCC(=O)N[C@H](C)C(C)C)nnc2-c2ccccc2)cc1Cl. The van der Waals surface area contributed by atoms with Crippen LogP contribution in [-0.4, -0.2) is 39.6 Å². The third-order valence-electron chi connectivity index (χ3n) is 4.78. The van der Waals surface area contributed by atoms with Crippen LogP contribution in [0, 0.1) is 5.92 Å². The number of aromatic nitrogens is 3. The first-order valence-electron chi connectivity index (χ1n) is 9.67. The van der Waals surface area contributed by atoms with E-state index in [0.29, 0.717) is 27.7 Å². The van der Waals surface area contributed by atoms with Crippen LogP contribution in [0.5, 0.6) is 5.75 Å². The molecule has 1 heterocycles. The second kappa shape index (κ2) is 10.00. The molecule has 0 saturated heterocycles. The Kier molecular flexibility index (Phi) is 7.39. The van der Waals surface area contributed by atoms with Crippen molar-refractivity contribution in [2.75, 3.05) is 12.9 Å². The molecule has 0 aliphatic rings. The van der Waals surface area contributed by atoms with Crippen LogP contribution < -0.4 is 10.1 Å². The Morgan fingerprint density at radius 1 is 1.17 bits per heavy atom. The van der Waals surface area contributed by atoms with E-state index in [4.69, 9.17) is 16.3 Å². The zero-order valence-electron chi connectivity index (χ0n) is 17.4. The highest BCUT2D eigenvalue weighted by Crippen LogP contribution is 2.32. The molecule has 0 radical (unpaired) electrons. The van der Waals surface area contributed by atoms with Gasteiger partial charge in [-0.3, -0.25) is 9.36 Å². The lowest BCUT2D eigenvalue weighted by atomic mass is 10.1. The van der Waals surface area contributed by atoms with Gasteiger partial charge in [-0.2, -0.15) is 0 Å². The summed E-state index contributed by atoms with van der Waals surface area (Å²) in [7, 11) is 1.58. The van der Waals surface area contributed by atoms with Crippen molar-refractivity contribution in [3.63, 3.8) is 0 Å². The first-order chi connectivity index (χ1) is 14.4. The Hall–Kier alpha value is -2.51. The molecule has 30 heavy (non-hydrogen) atoms. The smallest absolute Gasteiger partial charge is 0.230 e. The molecule has 1 N–H and O–H groups in total. The van der Waals surface area contributed by atoms with Crippen LogP contribution in [0.15, 0.2) is 53.7 Å². The van der Waals surface area contributed by atoms with Crippen molar-refractivity contribution in [1.29, 1.82) is 0 Å². The first-order valence-corrected chi connectivity index (χ1v) is 11.0. The summed E-state index contributed by atoms with van der Waals surface area (Å²) in [6.07, 6.45) is 0. The van der Waals surface area contributed by atoms with Crippen LogP contribution in [0.4, 0.5) is 0 Å². The number of ether oxygens (including phenoxy) is 1. The zero-order valence-corrected chi connectivity index (χ0v) is 19.0. The average Bonchev–Trinajstić information content (AvgIpc) is 3.16. The molecule has 3 aromatic rings. The van der Waals surface area contributed by atoms with Gasteiger partial charge >= 0.3 is 0 Å². The fraction of sp³-hybridized carbons (Fsp3) is 0.318. The van der Waals surface area contributed by atoms with Gasteiger partial charge in [-0.1, -0.05) is 67.5 Å². The van der Waals surface area contributed by atoms with Crippen LogP contribution in [0.25, 0.3) is 17.1 Å². The van der Waals surface area contributed by atoms with Gasteiger partial charge in [0.2, 0.25) is 5.91 Å². The van der Waals surface area contributed by atoms with Gasteiger partial charge in [0.15, 0.2) is 11.0 Å². The lowest BCUT2D eigenvalue weighted by Gasteiger charge is -2.17. The molecule has 1 atom stereocenters. The van der Waals surface area contributed by atoms with Crippen molar-refractivity contribution in [3.8, 4) is 22.8 Å². The van der Waals surface area contributed by atoms with Crippen molar-refractivity contribution in [3.05, 3.63) is 53.6 Å². The van der Waals surface area contributed by atoms with E-state index in [2.05, 4.69) is 29.4 Å². The number of amides is 1. The van der Waals surface area contributed by atoms with E-state index in [1.807, 2.05) is 47.9 Å². The van der Waals surface area contributed by atoms with Crippen molar-refractivity contribution >= 4 is 29.3 Å². The third kappa shape index (κ3) is 5.15. The van der Waals surface area contributed by atoms with E-state index in [1.54, 1.807) is 19.2 Å². The molecule has 1 aromatic heterocycles. The van der Waals surface area contributed by atoms with Gasteiger partial charge in [-0.05, 0) is 31.0 Å². The largest absolute Gasteiger partial charge is 0.495 e. The number of nitrogens with zero attached hydrogens (tertiary/aromatic N) is 3. The summed E-state index contributed by atoms with van der Waals surface area (Å²) in [4.78, 5) is 12.4. The Bertz CT molecular complexity index is 1010. The second-order valence-corrected chi connectivity index (χ2v) is 8.57. The Labute approximate surface area is 186 Å². The summed E-state index contributed by atoms with van der Waals surface area (Å²) in [6.45, 7) is 6.16. The molecule has 0 spiro atoms. The van der Waals surface area contributed by atoms with Gasteiger partial charge in [0.25, 0.3) is 0 Å². The fourth-order valence-corrected chi connectivity index (χ4v) is 3.77. The van der Waals surface area contributed by atoms with Crippen molar-refractivity contribution in [2.45, 2.75) is 32.0 Å².